The molecular weight excluding hydrogens is 283 g/mol. The lowest BCUT2D eigenvalue weighted by Crippen LogP contribution is -1.96. The Morgan fingerprint density at radius 3 is 2.46 bits per heavy atom. The smallest absolute Gasteiger partial charge is 0.171 e. The molecule has 0 unspecified atom stereocenters. The molecule has 0 aromatic heterocycles. The SMILES string of the molecule is COc1cc(I)cc(C=O)c1OC. The van der Waals surface area contributed by atoms with Crippen LogP contribution in [0.15, 0.2) is 12.1 Å². The van der Waals surface area contributed by atoms with E-state index in [1.165, 1.54) is 7.11 Å². The lowest BCUT2D eigenvalue weighted by molar-refractivity contribution is 0.112. The number of carbonyl (C=O) groups excluding carboxylic acids is 1. The third-order valence-corrected chi connectivity index (χ3v) is 2.22. The van der Waals surface area contributed by atoms with Gasteiger partial charge in [0.15, 0.2) is 17.8 Å². The van der Waals surface area contributed by atoms with Crippen LogP contribution in [0.3, 0.4) is 0 Å². The van der Waals surface area contributed by atoms with Gasteiger partial charge in [0.25, 0.3) is 0 Å². The summed E-state index contributed by atoms with van der Waals surface area (Å²) in [6.07, 6.45) is 0.753. The Morgan fingerprint density at radius 1 is 1.31 bits per heavy atom. The van der Waals surface area contributed by atoms with Gasteiger partial charge in [-0.25, -0.2) is 0 Å². The molecule has 0 aliphatic carbocycles. The molecule has 0 amide bonds. The molecule has 0 aliphatic heterocycles. The summed E-state index contributed by atoms with van der Waals surface area (Å²) < 4.78 is 11.1. The minimum Gasteiger partial charge on any atom is -0.493 e. The molecule has 0 N–H and O–H groups in total. The van der Waals surface area contributed by atoms with Crippen LogP contribution in [-0.2, 0) is 0 Å². The normalized spacial score (nSPS) is 9.46. The van der Waals surface area contributed by atoms with E-state index in [9.17, 15) is 4.79 Å². The van der Waals surface area contributed by atoms with Crippen LogP contribution in [0.5, 0.6) is 11.5 Å². The maximum atomic E-state index is 10.7. The van der Waals surface area contributed by atoms with Gasteiger partial charge in [-0.3, -0.25) is 4.79 Å². The van der Waals surface area contributed by atoms with Gasteiger partial charge < -0.3 is 9.47 Å². The number of hydrogen-bond acceptors (Lipinski definition) is 3. The molecule has 0 heterocycles. The third-order valence-electron chi connectivity index (χ3n) is 1.60. The molecule has 1 aromatic rings. The first-order valence-electron chi connectivity index (χ1n) is 3.59. The number of benzene rings is 1. The first-order chi connectivity index (χ1) is 6.22. The standard InChI is InChI=1S/C9H9IO3/c1-12-8-4-7(10)3-6(5-11)9(8)13-2/h3-5H,1-2H3. The van der Waals surface area contributed by atoms with Crippen molar-refractivity contribution >= 4 is 28.9 Å². The highest BCUT2D eigenvalue weighted by Gasteiger charge is 2.10. The van der Waals surface area contributed by atoms with Gasteiger partial charge in [0, 0.05) is 3.57 Å². The van der Waals surface area contributed by atoms with Crippen molar-refractivity contribution in [2.75, 3.05) is 14.2 Å². The van der Waals surface area contributed by atoms with E-state index < -0.39 is 0 Å². The van der Waals surface area contributed by atoms with Gasteiger partial charge >= 0.3 is 0 Å². The van der Waals surface area contributed by atoms with Gasteiger partial charge in [0.05, 0.1) is 19.8 Å². The number of hydrogen-bond donors (Lipinski definition) is 0. The Balaban J connectivity index is 3.33. The molecule has 3 nitrogen and oxygen atoms in total. The minimum atomic E-state index is 0.484. The van der Waals surface area contributed by atoms with E-state index in [0.29, 0.717) is 17.1 Å². The van der Waals surface area contributed by atoms with Crippen molar-refractivity contribution in [3.63, 3.8) is 0 Å². The number of ether oxygens (including phenoxy) is 2. The molecule has 0 atom stereocenters. The molecule has 0 spiro atoms. The fourth-order valence-electron chi connectivity index (χ4n) is 1.05. The first kappa shape index (κ1) is 10.3. The summed E-state index contributed by atoms with van der Waals surface area (Å²) in [5, 5.41) is 0. The van der Waals surface area contributed by atoms with Crippen LogP contribution in [0.25, 0.3) is 0 Å². The second-order valence-electron chi connectivity index (χ2n) is 2.35. The van der Waals surface area contributed by atoms with Crippen LogP contribution in [-0.4, -0.2) is 20.5 Å². The van der Waals surface area contributed by atoms with E-state index in [1.54, 1.807) is 13.2 Å². The van der Waals surface area contributed by atoms with Crippen molar-refractivity contribution in [1.29, 1.82) is 0 Å². The number of aldehydes is 1. The third kappa shape index (κ3) is 2.12. The zero-order chi connectivity index (χ0) is 9.84. The van der Waals surface area contributed by atoms with Gasteiger partial charge in [-0.15, -0.1) is 0 Å². The lowest BCUT2D eigenvalue weighted by atomic mass is 10.2. The summed E-state index contributed by atoms with van der Waals surface area (Å²) >= 11 is 2.12. The predicted octanol–water partition coefficient (Wildman–Crippen LogP) is 2.12. The van der Waals surface area contributed by atoms with E-state index in [2.05, 4.69) is 22.6 Å². The minimum absolute atomic E-state index is 0.484. The predicted molar refractivity (Wildman–Crippen MR) is 57.7 cm³/mol. The first-order valence-corrected chi connectivity index (χ1v) is 4.67. The van der Waals surface area contributed by atoms with Crippen LogP contribution in [0.1, 0.15) is 10.4 Å². The van der Waals surface area contributed by atoms with Crippen molar-refractivity contribution < 1.29 is 14.3 Å². The van der Waals surface area contributed by atoms with E-state index in [4.69, 9.17) is 9.47 Å². The summed E-state index contributed by atoms with van der Waals surface area (Å²) in [4.78, 5) is 10.7. The van der Waals surface area contributed by atoms with Crippen LogP contribution >= 0.6 is 22.6 Å². The average Bonchev–Trinajstić information content (AvgIpc) is 2.16. The summed E-state index contributed by atoms with van der Waals surface area (Å²) in [6.45, 7) is 0. The molecule has 0 saturated carbocycles. The van der Waals surface area contributed by atoms with Crippen molar-refractivity contribution in [2.45, 2.75) is 0 Å². The molecule has 0 fully saturated rings. The van der Waals surface area contributed by atoms with Crippen molar-refractivity contribution in [3.05, 3.63) is 21.3 Å². The van der Waals surface area contributed by atoms with E-state index >= 15 is 0 Å². The Morgan fingerprint density at radius 2 is 2.00 bits per heavy atom. The largest absolute Gasteiger partial charge is 0.493 e. The second kappa shape index (κ2) is 4.45. The molecule has 0 radical (unpaired) electrons. The van der Waals surface area contributed by atoms with Crippen molar-refractivity contribution in [2.24, 2.45) is 0 Å². The fraction of sp³-hybridized carbons (Fsp3) is 0.222. The quantitative estimate of drug-likeness (QED) is 0.632. The highest BCUT2D eigenvalue weighted by Crippen LogP contribution is 2.31. The molecule has 4 heteroatoms. The van der Waals surface area contributed by atoms with Gasteiger partial charge in [-0.1, -0.05) is 0 Å². The summed E-state index contributed by atoms with van der Waals surface area (Å²) in [5.74, 6) is 1.06. The maximum Gasteiger partial charge on any atom is 0.171 e. The topological polar surface area (TPSA) is 35.5 Å². The Hall–Kier alpha value is -0.780. The summed E-state index contributed by atoms with van der Waals surface area (Å²) in [6, 6.07) is 3.56. The van der Waals surface area contributed by atoms with Crippen LogP contribution in [0, 0.1) is 3.57 Å². The number of rotatable bonds is 3. The molecule has 70 valence electrons. The zero-order valence-electron chi connectivity index (χ0n) is 7.33. The average molecular weight is 292 g/mol. The number of halogens is 1. The summed E-state index contributed by atoms with van der Waals surface area (Å²) in [5.41, 5.74) is 0.506. The lowest BCUT2D eigenvalue weighted by Gasteiger charge is -2.09. The Labute approximate surface area is 90.2 Å². The van der Waals surface area contributed by atoms with Crippen LogP contribution < -0.4 is 9.47 Å². The molecule has 13 heavy (non-hydrogen) atoms. The molecule has 0 bridgehead atoms. The van der Waals surface area contributed by atoms with E-state index in [0.717, 1.165) is 9.86 Å². The summed E-state index contributed by atoms with van der Waals surface area (Å²) in [7, 11) is 3.06. The van der Waals surface area contributed by atoms with E-state index in [-0.39, 0.29) is 0 Å². The highest BCUT2D eigenvalue weighted by atomic mass is 127. The Kier molecular flexibility index (Phi) is 3.53. The number of carbonyl (C=O) groups is 1. The molecule has 1 aromatic carbocycles. The van der Waals surface area contributed by atoms with Crippen molar-refractivity contribution in [1.82, 2.24) is 0 Å². The van der Waals surface area contributed by atoms with Crippen molar-refractivity contribution in [3.8, 4) is 11.5 Å². The van der Waals surface area contributed by atoms with Gasteiger partial charge in [-0.05, 0) is 34.7 Å². The van der Waals surface area contributed by atoms with Gasteiger partial charge in [-0.2, -0.15) is 0 Å². The Bertz CT molecular complexity index is 323. The van der Waals surface area contributed by atoms with Gasteiger partial charge in [0.2, 0.25) is 0 Å². The monoisotopic (exact) mass is 292 g/mol. The molecule has 1 rings (SSSR count). The van der Waals surface area contributed by atoms with Gasteiger partial charge in [0.1, 0.15) is 0 Å². The molecule has 0 saturated heterocycles. The highest BCUT2D eigenvalue weighted by molar-refractivity contribution is 14.1. The number of methoxy groups -OCH3 is 2. The fourth-order valence-corrected chi connectivity index (χ4v) is 1.66. The zero-order valence-corrected chi connectivity index (χ0v) is 9.49. The molecular formula is C9H9IO3. The van der Waals surface area contributed by atoms with Crippen LogP contribution in [0.2, 0.25) is 0 Å². The van der Waals surface area contributed by atoms with Crippen LogP contribution in [0.4, 0.5) is 0 Å². The molecule has 0 aliphatic rings. The maximum absolute atomic E-state index is 10.7. The van der Waals surface area contributed by atoms with E-state index in [1.807, 2.05) is 6.07 Å². The second-order valence-corrected chi connectivity index (χ2v) is 3.59.